The molecule has 1 N–H and O–H groups in total. The molecule has 0 fully saturated rings. The van der Waals surface area contributed by atoms with Crippen LogP contribution in [0.3, 0.4) is 0 Å². The lowest BCUT2D eigenvalue weighted by molar-refractivity contribution is -0.870. The first-order valence-electron chi connectivity index (χ1n) is 40.2. The maximum atomic E-state index is 13.0. The minimum absolute atomic E-state index is 0.172. The molecule has 0 heterocycles. The van der Waals surface area contributed by atoms with Gasteiger partial charge in [-0.05, 0) is 12.8 Å². The maximum Gasteiger partial charge on any atom is 0.361 e. The van der Waals surface area contributed by atoms with E-state index in [2.05, 4.69) is 13.8 Å². The summed E-state index contributed by atoms with van der Waals surface area (Å²) in [4.78, 5) is 37.7. The van der Waals surface area contributed by atoms with E-state index in [1.54, 1.807) is 0 Å². The average Bonchev–Trinajstić information content (AvgIpc) is 3.64. The monoisotopic (exact) mass is 1260 g/mol. The van der Waals surface area contributed by atoms with Gasteiger partial charge in [-0.2, -0.15) is 0 Å². The van der Waals surface area contributed by atoms with Gasteiger partial charge in [0.2, 0.25) is 0 Å². The zero-order valence-electron chi connectivity index (χ0n) is 60.9. The van der Waals surface area contributed by atoms with Crippen molar-refractivity contribution in [2.75, 3.05) is 47.5 Å². The highest BCUT2D eigenvalue weighted by Gasteiger charge is 2.25. The molecule has 9 heteroatoms. The predicted molar refractivity (Wildman–Crippen MR) is 383 cm³/mol. The Hall–Kier alpha value is -1.71. The lowest BCUT2D eigenvalue weighted by atomic mass is 10.0. The van der Waals surface area contributed by atoms with Crippen LogP contribution in [0.25, 0.3) is 0 Å². The number of likely N-dealkylation sites (N-methyl/N-ethyl adjacent to an activating group) is 1. The van der Waals surface area contributed by atoms with Crippen molar-refractivity contribution in [2.45, 2.75) is 450 Å². The van der Waals surface area contributed by atoms with Gasteiger partial charge in [-0.15, -0.1) is 0 Å². The van der Waals surface area contributed by atoms with E-state index < -0.39 is 18.4 Å². The third-order valence-corrected chi connectivity index (χ3v) is 18.9. The van der Waals surface area contributed by atoms with Gasteiger partial charge >= 0.3 is 17.9 Å². The Labute approximate surface area is 555 Å². The summed E-state index contributed by atoms with van der Waals surface area (Å²) in [5, 5.41) is 9.77. The number of hydrogen-bond donors (Lipinski definition) is 1. The van der Waals surface area contributed by atoms with E-state index in [1.165, 1.54) is 372 Å². The van der Waals surface area contributed by atoms with Crippen molar-refractivity contribution in [3.8, 4) is 0 Å². The molecule has 0 aromatic rings. The van der Waals surface area contributed by atoms with Crippen LogP contribution in [0.4, 0.5) is 0 Å². The normalized spacial score (nSPS) is 12.5. The fourth-order valence-corrected chi connectivity index (χ4v) is 12.7. The molecule has 0 aliphatic heterocycles. The number of carbonyl (C=O) groups is 3. The number of carboxylic acids is 1. The predicted octanol–water partition coefficient (Wildman–Crippen LogP) is 25.4. The van der Waals surface area contributed by atoms with Crippen LogP contribution in [0, 0.1) is 0 Å². The third kappa shape index (κ3) is 73.6. The summed E-state index contributed by atoms with van der Waals surface area (Å²) in [5.41, 5.74) is 0. The van der Waals surface area contributed by atoms with Crippen LogP contribution in [0.1, 0.15) is 438 Å². The molecule has 0 aromatic heterocycles. The first-order chi connectivity index (χ1) is 43.6. The fraction of sp³-hybridized carbons (Fsp3) is 0.963. The van der Waals surface area contributed by atoms with Gasteiger partial charge in [0.25, 0.3) is 6.29 Å². The number of esters is 2. The molecule has 0 spiro atoms. The molecule has 0 aromatic carbocycles. The Balaban J connectivity index is 3.94. The summed E-state index contributed by atoms with van der Waals surface area (Å²) in [5.74, 6) is -1.96. The van der Waals surface area contributed by atoms with Crippen molar-refractivity contribution in [1.29, 1.82) is 0 Å². The summed E-state index contributed by atoms with van der Waals surface area (Å²) in [6.45, 7) is 4.99. The van der Waals surface area contributed by atoms with Gasteiger partial charge in [0.15, 0.2) is 6.10 Å². The quantitative estimate of drug-likeness (QED) is 0.0278. The summed E-state index contributed by atoms with van der Waals surface area (Å²) < 4.78 is 23.1. The fourth-order valence-electron chi connectivity index (χ4n) is 12.7. The number of carbonyl (C=O) groups excluding carboxylic acids is 2. The Kier molecular flexibility index (Phi) is 70.7. The van der Waals surface area contributed by atoms with Crippen molar-refractivity contribution in [1.82, 2.24) is 0 Å². The molecule has 2 atom stereocenters. The van der Waals surface area contributed by atoms with Gasteiger partial charge in [-0.25, -0.2) is 4.79 Å². The number of ether oxygens (including phenoxy) is 4. The Morgan fingerprint density at radius 3 is 0.719 bits per heavy atom. The maximum absolute atomic E-state index is 13.0. The summed E-state index contributed by atoms with van der Waals surface area (Å²) in [6.07, 6.45) is 85.6. The summed E-state index contributed by atoms with van der Waals surface area (Å²) in [7, 11) is 6.00. The molecule has 0 aliphatic carbocycles. The molecule has 0 bridgehead atoms. The van der Waals surface area contributed by atoms with Gasteiger partial charge < -0.3 is 28.5 Å². The van der Waals surface area contributed by atoms with Crippen LogP contribution in [0.5, 0.6) is 0 Å². The van der Waals surface area contributed by atoms with Crippen molar-refractivity contribution in [2.24, 2.45) is 0 Å². The number of nitrogens with zero attached hydrogens (tertiary/aromatic N) is 1. The number of aliphatic carboxylic acids is 1. The van der Waals surface area contributed by atoms with Crippen molar-refractivity contribution < 1.29 is 42.9 Å². The lowest BCUT2D eigenvalue weighted by Gasteiger charge is -2.25. The second-order valence-electron chi connectivity index (χ2n) is 29.1. The second-order valence-corrected chi connectivity index (χ2v) is 29.1. The molecule has 0 rings (SSSR count). The molecule has 530 valence electrons. The van der Waals surface area contributed by atoms with Crippen molar-refractivity contribution in [3.05, 3.63) is 0 Å². The minimum Gasteiger partial charge on any atom is -0.477 e. The standard InChI is InChI=1S/C80H157NO8/c1-6-8-10-12-14-16-18-20-22-24-26-28-30-32-34-36-37-38-39-40-41-42-43-45-47-49-51-53-55-57-59-61-63-65-67-69-71-78(83)89-76(75-88-80(79(84)85)86-73-72-81(3,4)5)74-87-77(82)70-68-66-64-62-60-58-56-54-52-50-48-46-44-35-33-31-29-27-25-23-21-19-17-15-13-11-9-7-2/h76,80H,6-75H2,1-5H3/p+1. The molecule has 0 aliphatic rings. The zero-order valence-corrected chi connectivity index (χ0v) is 60.9. The highest BCUT2D eigenvalue weighted by molar-refractivity contribution is 5.71. The first kappa shape index (κ1) is 87.3. The lowest BCUT2D eigenvalue weighted by Crippen LogP contribution is -2.40. The largest absolute Gasteiger partial charge is 0.477 e. The smallest absolute Gasteiger partial charge is 0.361 e. The van der Waals surface area contributed by atoms with Crippen molar-refractivity contribution >= 4 is 17.9 Å². The van der Waals surface area contributed by atoms with Crippen LogP contribution in [0.15, 0.2) is 0 Å². The zero-order chi connectivity index (χ0) is 64.7. The Morgan fingerprint density at radius 1 is 0.292 bits per heavy atom. The minimum atomic E-state index is -1.51. The highest BCUT2D eigenvalue weighted by Crippen LogP contribution is 2.21. The number of hydrogen-bond acceptors (Lipinski definition) is 7. The molecule has 89 heavy (non-hydrogen) atoms. The van der Waals surface area contributed by atoms with E-state index in [1.807, 2.05) is 21.1 Å². The number of unbranched alkanes of at least 4 members (excludes halogenated alkanes) is 62. The molecule has 0 saturated heterocycles. The molecular formula is C80H158NO8+. The number of carboxylic acid groups (broad SMARTS) is 1. The highest BCUT2D eigenvalue weighted by atomic mass is 16.7. The second kappa shape index (κ2) is 72.1. The van der Waals surface area contributed by atoms with E-state index in [9.17, 15) is 19.5 Å². The SMILES string of the molecule is CCCCCCCCCCCCCCCCCCCCCCCCCCCCCCCCCCCCCCC(=O)OC(COC(=O)CCCCCCCCCCCCCCCCCCCCCCCCCCCCCC)COC(OCC[N+](C)(C)C)C(=O)O. The van der Waals surface area contributed by atoms with Gasteiger partial charge in [-0.1, -0.05) is 412 Å². The van der Waals surface area contributed by atoms with Gasteiger partial charge in [0.05, 0.1) is 34.4 Å². The van der Waals surface area contributed by atoms with E-state index in [0.717, 1.165) is 38.5 Å². The van der Waals surface area contributed by atoms with Gasteiger partial charge in [-0.3, -0.25) is 9.59 Å². The van der Waals surface area contributed by atoms with E-state index in [0.29, 0.717) is 17.4 Å². The molecule has 0 radical (unpaired) electrons. The molecular weight excluding hydrogens is 1100 g/mol. The van der Waals surface area contributed by atoms with Crippen LogP contribution < -0.4 is 0 Å². The molecule has 9 nitrogen and oxygen atoms in total. The van der Waals surface area contributed by atoms with Crippen LogP contribution >= 0.6 is 0 Å². The van der Waals surface area contributed by atoms with Gasteiger partial charge in [0.1, 0.15) is 13.2 Å². The van der Waals surface area contributed by atoms with E-state index in [4.69, 9.17) is 18.9 Å². The molecule has 0 amide bonds. The number of rotatable bonds is 77. The third-order valence-electron chi connectivity index (χ3n) is 18.9. The topological polar surface area (TPSA) is 108 Å². The van der Waals surface area contributed by atoms with Crippen LogP contribution in [0.2, 0.25) is 0 Å². The molecule has 0 saturated carbocycles. The van der Waals surface area contributed by atoms with Crippen LogP contribution in [-0.2, 0) is 33.3 Å². The summed E-state index contributed by atoms with van der Waals surface area (Å²) in [6, 6.07) is 0. The average molecular weight is 1260 g/mol. The molecule has 2 unspecified atom stereocenters. The Morgan fingerprint density at radius 2 is 0.506 bits per heavy atom. The Bertz CT molecular complexity index is 1420. The van der Waals surface area contributed by atoms with Crippen molar-refractivity contribution in [3.63, 3.8) is 0 Å². The number of quaternary nitrogens is 1. The first-order valence-corrected chi connectivity index (χ1v) is 40.2. The van der Waals surface area contributed by atoms with Crippen LogP contribution in [-0.4, -0.2) is 87.4 Å². The van der Waals surface area contributed by atoms with E-state index >= 15 is 0 Å². The van der Waals surface area contributed by atoms with E-state index in [-0.39, 0.29) is 38.2 Å². The van der Waals surface area contributed by atoms with Gasteiger partial charge in [0, 0.05) is 12.8 Å². The summed E-state index contributed by atoms with van der Waals surface area (Å²) >= 11 is 0.